The smallest absolute Gasteiger partial charge is 0.314 e. The summed E-state index contributed by atoms with van der Waals surface area (Å²) in [5, 5.41) is 12.8. The number of urea groups is 1. The van der Waals surface area contributed by atoms with Crippen molar-refractivity contribution in [1.82, 2.24) is 20.8 Å². The van der Waals surface area contributed by atoms with E-state index in [1.807, 2.05) is 33.1 Å². The predicted molar refractivity (Wildman–Crippen MR) is 91.1 cm³/mol. The molecule has 2 unspecified atom stereocenters. The molecular formula is C16H24N4O2S. The van der Waals surface area contributed by atoms with Crippen LogP contribution in [0.5, 0.6) is 0 Å². The lowest BCUT2D eigenvalue weighted by Gasteiger charge is -2.14. The van der Waals surface area contributed by atoms with Gasteiger partial charge in [0.25, 0.3) is 0 Å². The maximum absolute atomic E-state index is 11.9. The van der Waals surface area contributed by atoms with Crippen LogP contribution < -0.4 is 10.6 Å². The molecule has 2 atom stereocenters. The van der Waals surface area contributed by atoms with Crippen molar-refractivity contribution >= 4 is 17.4 Å². The van der Waals surface area contributed by atoms with Crippen LogP contribution in [0.25, 0.3) is 0 Å². The summed E-state index contributed by atoms with van der Waals surface area (Å²) in [6.45, 7) is 11.0. The van der Waals surface area contributed by atoms with Crippen LogP contribution in [0.4, 0.5) is 4.79 Å². The molecule has 0 saturated heterocycles. The summed E-state index contributed by atoms with van der Waals surface area (Å²) in [5.74, 6) is 1.18. The topological polar surface area (TPSA) is 80.0 Å². The Kier molecular flexibility index (Phi) is 5.76. The molecule has 0 fully saturated rings. The van der Waals surface area contributed by atoms with Crippen molar-refractivity contribution in [2.75, 3.05) is 13.1 Å². The number of hydrogen-bond donors (Lipinski definition) is 2. The van der Waals surface area contributed by atoms with E-state index in [2.05, 4.69) is 27.7 Å². The van der Waals surface area contributed by atoms with E-state index in [4.69, 9.17) is 4.52 Å². The highest BCUT2D eigenvalue weighted by Gasteiger charge is 2.17. The van der Waals surface area contributed by atoms with Crippen LogP contribution in [-0.2, 0) is 0 Å². The second-order valence-electron chi connectivity index (χ2n) is 5.96. The minimum absolute atomic E-state index is 0.158. The zero-order chi connectivity index (χ0) is 17.0. The summed E-state index contributed by atoms with van der Waals surface area (Å²) in [4.78, 5) is 16.4. The molecule has 7 heteroatoms. The lowest BCUT2D eigenvalue weighted by molar-refractivity contribution is 0.240. The first kappa shape index (κ1) is 17.5. The first-order valence-corrected chi connectivity index (χ1v) is 8.63. The second-order valence-corrected chi connectivity index (χ2v) is 6.85. The molecule has 126 valence electrons. The van der Waals surface area contributed by atoms with Gasteiger partial charge in [0.2, 0.25) is 0 Å². The molecular weight excluding hydrogens is 312 g/mol. The zero-order valence-corrected chi connectivity index (χ0v) is 15.1. The molecule has 2 aromatic heterocycles. The lowest BCUT2D eigenvalue weighted by Crippen LogP contribution is -2.39. The Balaban J connectivity index is 1.77. The van der Waals surface area contributed by atoms with Crippen LogP contribution in [0.1, 0.15) is 53.4 Å². The number of aromatic nitrogens is 2. The summed E-state index contributed by atoms with van der Waals surface area (Å²) in [5.41, 5.74) is 2.97. The summed E-state index contributed by atoms with van der Waals surface area (Å²) in [7, 11) is 0. The Morgan fingerprint density at radius 2 is 1.87 bits per heavy atom. The Labute approximate surface area is 140 Å². The average molecular weight is 336 g/mol. The maximum Gasteiger partial charge on any atom is 0.314 e. The summed E-state index contributed by atoms with van der Waals surface area (Å²) in [6.07, 6.45) is 0. The first-order chi connectivity index (χ1) is 10.9. The second kappa shape index (κ2) is 7.59. The quantitative estimate of drug-likeness (QED) is 0.848. The number of carbonyl (C=O) groups is 1. The number of thiazole rings is 1. The van der Waals surface area contributed by atoms with E-state index < -0.39 is 0 Å². The fourth-order valence-electron chi connectivity index (χ4n) is 2.54. The molecule has 6 nitrogen and oxygen atoms in total. The number of rotatable bonds is 6. The zero-order valence-electron chi connectivity index (χ0n) is 14.3. The molecule has 2 N–H and O–H groups in total. The van der Waals surface area contributed by atoms with Crippen LogP contribution in [0.3, 0.4) is 0 Å². The van der Waals surface area contributed by atoms with Crippen molar-refractivity contribution in [2.45, 2.75) is 46.5 Å². The largest absolute Gasteiger partial charge is 0.361 e. The van der Waals surface area contributed by atoms with Crippen LogP contribution in [-0.4, -0.2) is 29.3 Å². The van der Waals surface area contributed by atoms with Crippen LogP contribution in [0, 0.1) is 20.8 Å². The number of aryl methyl sites for hydroxylation is 3. The molecule has 0 radical (unpaired) electrons. The van der Waals surface area contributed by atoms with Gasteiger partial charge < -0.3 is 15.2 Å². The van der Waals surface area contributed by atoms with Gasteiger partial charge in [-0.25, -0.2) is 9.78 Å². The van der Waals surface area contributed by atoms with E-state index in [1.165, 1.54) is 0 Å². The van der Waals surface area contributed by atoms with Gasteiger partial charge in [0.05, 0.1) is 10.7 Å². The van der Waals surface area contributed by atoms with Gasteiger partial charge in [-0.05, 0) is 20.8 Å². The van der Waals surface area contributed by atoms with Gasteiger partial charge in [-0.1, -0.05) is 19.0 Å². The molecule has 23 heavy (non-hydrogen) atoms. The molecule has 0 saturated carbocycles. The molecule has 2 amide bonds. The van der Waals surface area contributed by atoms with E-state index in [0.29, 0.717) is 13.1 Å². The molecule has 0 aliphatic heterocycles. The summed E-state index contributed by atoms with van der Waals surface area (Å²) in [6, 6.07) is -0.163. The normalized spacial score (nSPS) is 13.6. The van der Waals surface area contributed by atoms with Gasteiger partial charge in [-0.15, -0.1) is 11.3 Å². The molecule has 0 bridgehead atoms. The molecule has 2 aromatic rings. The van der Waals surface area contributed by atoms with Crippen molar-refractivity contribution in [3.8, 4) is 0 Å². The third-order valence-corrected chi connectivity index (χ3v) is 4.97. The van der Waals surface area contributed by atoms with Crippen molar-refractivity contribution in [3.05, 3.63) is 33.1 Å². The molecule has 2 heterocycles. The number of amides is 2. The van der Waals surface area contributed by atoms with Gasteiger partial charge in [0, 0.05) is 41.6 Å². The number of carbonyl (C=O) groups excluding carboxylic acids is 1. The van der Waals surface area contributed by atoms with Gasteiger partial charge in [-0.3, -0.25) is 0 Å². The molecule has 0 aliphatic carbocycles. The molecule has 2 rings (SSSR count). The van der Waals surface area contributed by atoms with Gasteiger partial charge >= 0.3 is 6.03 Å². The summed E-state index contributed by atoms with van der Waals surface area (Å²) < 4.78 is 5.17. The van der Waals surface area contributed by atoms with Crippen LogP contribution >= 0.6 is 11.3 Å². The third kappa shape index (κ3) is 4.54. The predicted octanol–water partition coefficient (Wildman–Crippen LogP) is 3.26. The summed E-state index contributed by atoms with van der Waals surface area (Å²) >= 11 is 1.63. The fourth-order valence-corrected chi connectivity index (χ4v) is 3.39. The van der Waals surface area contributed by atoms with E-state index in [0.717, 1.165) is 27.7 Å². The van der Waals surface area contributed by atoms with E-state index >= 15 is 0 Å². The van der Waals surface area contributed by atoms with Crippen molar-refractivity contribution < 1.29 is 9.32 Å². The van der Waals surface area contributed by atoms with Gasteiger partial charge in [0.15, 0.2) is 0 Å². The maximum atomic E-state index is 11.9. The monoisotopic (exact) mass is 336 g/mol. The van der Waals surface area contributed by atoms with Gasteiger partial charge in [-0.2, -0.15) is 0 Å². The van der Waals surface area contributed by atoms with E-state index in [9.17, 15) is 4.79 Å². The fraction of sp³-hybridized carbons (Fsp3) is 0.562. The third-order valence-electron chi connectivity index (χ3n) is 3.78. The van der Waals surface area contributed by atoms with Crippen LogP contribution in [0.15, 0.2) is 9.90 Å². The average Bonchev–Trinajstić information content (AvgIpc) is 3.08. The lowest BCUT2D eigenvalue weighted by atomic mass is 10.00. The van der Waals surface area contributed by atoms with E-state index in [-0.39, 0.29) is 17.9 Å². The molecule has 0 aromatic carbocycles. The highest BCUT2D eigenvalue weighted by molar-refractivity contribution is 7.09. The first-order valence-electron chi connectivity index (χ1n) is 7.75. The number of nitrogens with one attached hydrogen (secondary N) is 2. The standard InChI is InChI=1S/C16H24N4O2S/c1-9(14-12(4)20-22-13(14)5)6-17-16(21)18-7-10(2)15-19-11(3)8-23-15/h8-10H,6-7H2,1-5H3,(H2,17,18,21). The highest BCUT2D eigenvalue weighted by Crippen LogP contribution is 2.22. The van der Waals surface area contributed by atoms with Crippen molar-refractivity contribution in [3.63, 3.8) is 0 Å². The SMILES string of the molecule is Cc1csc(C(C)CNC(=O)NCC(C)c2c(C)noc2C)n1. The van der Waals surface area contributed by atoms with E-state index in [1.54, 1.807) is 11.3 Å². The number of hydrogen-bond acceptors (Lipinski definition) is 5. The molecule has 0 spiro atoms. The Morgan fingerprint density at radius 1 is 1.22 bits per heavy atom. The minimum atomic E-state index is -0.163. The minimum Gasteiger partial charge on any atom is -0.361 e. The van der Waals surface area contributed by atoms with Crippen molar-refractivity contribution in [1.29, 1.82) is 0 Å². The van der Waals surface area contributed by atoms with Crippen molar-refractivity contribution in [2.24, 2.45) is 0 Å². The Morgan fingerprint density at radius 3 is 2.39 bits per heavy atom. The van der Waals surface area contributed by atoms with Gasteiger partial charge in [0.1, 0.15) is 5.76 Å². The highest BCUT2D eigenvalue weighted by atomic mass is 32.1. The van der Waals surface area contributed by atoms with Crippen LogP contribution in [0.2, 0.25) is 0 Å². The number of nitrogens with zero attached hydrogens (tertiary/aromatic N) is 2. The molecule has 0 aliphatic rings. The Hall–Kier alpha value is -1.89. The Bertz CT molecular complexity index is 645.